The third-order valence-electron chi connectivity index (χ3n) is 4.01. The second-order valence-electron chi connectivity index (χ2n) is 5.85. The maximum absolute atomic E-state index is 12.6. The average Bonchev–Trinajstić information content (AvgIpc) is 2.70. The summed E-state index contributed by atoms with van der Waals surface area (Å²) in [6.45, 7) is 0. The molecule has 0 saturated carbocycles. The van der Waals surface area contributed by atoms with E-state index in [4.69, 9.17) is 0 Å². The van der Waals surface area contributed by atoms with E-state index in [-0.39, 0.29) is 0 Å². The van der Waals surface area contributed by atoms with Crippen molar-refractivity contribution in [1.82, 2.24) is 14.8 Å². The van der Waals surface area contributed by atoms with Gasteiger partial charge in [0.05, 0.1) is 5.69 Å². The van der Waals surface area contributed by atoms with E-state index in [1.165, 1.54) is 4.68 Å². The lowest BCUT2D eigenvalue weighted by molar-refractivity contribution is 0.771. The van der Waals surface area contributed by atoms with E-state index in [2.05, 4.69) is 28.0 Å². The van der Waals surface area contributed by atoms with Crippen LogP contribution in [0.25, 0.3) is 16.9 Å². The lowest BCUT2D eigenvalue weighted by atomic mass is 10.1. The number of rotatable bonds is 4. The molecule has 6 heteroatoms. The van der Waals surface area contributed by atoms with Crippen LogP contribution in [0.2, 0.25) is 0 Å². The summed E-state index contributed by atoms with van der Waals surface area (Å²) in [5, 5.41) is 7.80. The van der Waals surface area contributed by atoms with Crippen molar-refractivity contribution < 1.29 is 0 Å². The lowest BCUT2D eigenvalue weighted by Gasteiger charge is -2.14. The number of aromatic nitrogens is 3. The van der Waals surface area contributed by atoms with Gasteiger partial charge in [-0.2, -0.15) is 14.8 Å². The molecule has 27 heavy (non-hydrogen) atoms. The smallest absolute Gasteiger partial charge is 0.338 e. The van der Waals surface area contributed by atoms with Gasteiger partial charge >= 0.3 is 5.69 Å². The highest BCUT2D eigenvalue weighted by Crippen LogP contribution is 2.30. The Kier molecular flexibility index (Phi) is 4.72. The molecule has 0 unspecified atom stereocenters. The van der Waals surface area contributed by atoms with Crippen LogP contribution in [-0.2, 0) is 0 Å². The monoisotopic (exact) mass is 372 g/mol. The second kappa shape index (κ2) is 7.47. The minimum Gasteiger partial charge on any atom is -0.338 e. The van der Waals surface area contributed by atoms with Crippen LogP contribution in [0.4, 0.5) is 11.5 Å². The highest BCUT2D eigenvalue weighted by Gasteiger charge is 2.16. The Morgan fingerprint density at radius 3 is 2.15 bits per heavy atom. The molecule has 5 nitrogen and oxygen atoms in total. The fourth-order valence-corrected chi connectivity index (χ4v) is 2.99. The van der Waals surface area contributed by atoms with E-state index in [9.17, 15) is 4.79 Å². The van der Waals surface area contributed by atoms with Crippen molar-refractivity contribution in [3.05, 3.63) is 95.4 Å². The van der Waals surface area contributed by atoms with Crippen LogP contribution in [0.1, 0.15) is 0 Å². The Morgan fingerprint density at radius 1 is 0.815 bits per heavy atom. The standard InChI is InChI=1S/C21H16N4OS/c26-21-23-20(22-15-9-3-1-4-10-15)19(17-13-7-8-14-18(17)27)24-25(21)16-11-5-2-6-12-16/h1-14,27H,(H,22,23,26). The molecule has 1 N–H and O–H groups in total. The third kappa shape index (κ3) is 3.61. The molecule has 0 aliphatic heterocycles. The van der Waals surface area contributed by atoms with Crippen molar-refractivity contribution in [2.24, 2.45) is 0 Å². The number of para-hydroxylation sites is 2. The number of nitrogens with one attached hydrogen (secondary N) is 1. The Labute approximate surface area is 161 Å². The van der Waals surface area contributed by atoms with Crippen molar-refractivity contribution in [2.75, 3.05) is 5.32 Å². The van der Waals surface area contributed by atoms with Crippen LogP contribution in [-0.4, -0.2) is 14.8 Å². The van der Waals surface area contributed by atoms with Gasteiger partial charge in [0.25, 0.3) is 0 Å². The number of hydrogen-bond acceptors (Lipinski definition) is 5. The summed E-state index contributed by atoms with van der Waals surface area (Å²) in [5.74, 6) is 0.389. The summed E-state index contributed by atoms with van der Waals surface area (Å²) in [6.07, 6.45) is 0. The molecule has 0 atom stereocenters. The second-order valence-corrected chi connectivity index (χ2v) is 6.33. The van der Waals surface area contributed by atoms with Crippen molar-refractivity contribution >= 4 is 24.1 Å². The van der Waals surface area contributed by atoms with Gasteiger partial charge in [-0.1, -0.05) is 54.6 Å². The maximum atomic E-state index is 12.6. The molecule has 4 rings (SSSR count). The summed E-state index contributed by atoms with van der Waals surface area (Å²) in [4.78, 5) is 17.6. The molecular weight excluding hydrogens is 356 g/mol. The molecule has 1 heterocycles. The molecule has 0 aliphatic rings. The molecule has 0 radical (unpaired) electrons. The van der Waals surface area contributed by atoms with Crippen molar-refractivity contribution in [2.45, 2.75) is 4.90 Å². The summed E-state index contributed by atoms with van der Waals surface area (Å²) in [5.41, 5.74) is 2.35. The molecule has 0 aliphatic carbocycles. The normalized spacial score (nSPS) is 10.6. The first-order valence-electron chi connectivity index (χ1n) is 8.39. The quantitative estimate of drug-likeness (QED) is 0.524. The van der Waals surface area contributed by atoms with Gasteiger partial charge in [-0.25, -0.2) is 4.79 Å². The van der Waals surface area contributed by atoms with E-state index in [1.54, 1.807) is 0 Å². The summed E-state index contributed by atoms with van der Waals surface area (Å²) >= 11 is 4.55. The van der Waals surface area contributed by atoms with Crippen molar-refractivity contribution in [3.63, 3.8) is 0 Å². The first-order chi connectivity index (χ1) is 13.2. The summed E-state index contributed by atoms with van der Waals surface area (Å²) in [6, 6.07) is 26.4. The predicted octanol–water partition coefficient (Wildman–Crippen LogP) is 4.33. The van der Waals surface area contributed by atoms with E-state index >= 15 is 0 Å². The van der Waals surface area contributed by atoms with Crippen LogP contribution < -0.4 is 11.0 Å². The highest BCUT2D eigenvalue weighted by atomic mass is 32.1. The molecule has 3 aromatic carbocycles. The first-order valence-corrected chi connectivity index (χ1v) is 8.84. The van der Waals surface area contributed by atoms with Gasteiger partial charge in [0.15, 0.2) is 5.82 Å². The van der Waals surface area contributed by atoms with Gasteiger partial charge in [0.2, 0.25) is 0 Å². The molecule has 0 bridgehead atoms. The Bertz CT molecular complexity index is 1130. The molecule has 0 spiro atoms. The Balaban J connectivity index is 1.92. The van der Waals surface area contributed by atoms with Crippen LogP contribution >= 0.6 is 12.6 Å². The van der Waals surface area contributed by atoms with Crippen molar-refractivity contribution in [3.8, 4) is 16.9 Å². The van der Waals surface area contributed by atoms with Crippen LogP contribution in [0.3, 0.4) is 0 Å². The maximum Gasteiger partial charge on any atom is 0.370 e. The zero-order valence-corrected chi connectivity index (χ0v) is 15.2. The number of hydrogen-bond donors (Lipinski definition) is 2. The Hall–Kier alpha value is -3.38. The summed E-state index contributed by atoms with van der Waals surface area (Å²) < 4.78 is 1.30. The first kappa shape index (κ1) is 17.1. The molecule has 4 aromatic rings. The third-order valence-corrected chi connectivity index (χ3v) is 4.40. The number of nitrogens with zero attached hydrogens (tertiary/aromatic N) is 3. The highest BCUT2D eigenvalue weighted by molar-refractivity contribution is 7.80. The molecule has 1 aromatic heterocycles. The number of anilines is 2. The van der Waals surface area contributed by atoms with Crippen LogP contribution in [0.5, 0.6) is 0 Å². The zero-order valence-electron chi connectivity index (χ0n) is 14.3. The molecular formula is C21H16N4OS. The van der Waals surface area contributed by atoms with E-state index in [0.717, 1.165) is 16.1 Å². The minimum absolute atomic E-state index is 0.389. The lowest BCUT2D eigenvalue weighted by Crippen LogP contribution is -2.26. The number of benzene rings is 3. The Morgan fingerprint density at radius 2 is 1.44 bits per heavy atom. The topological polar surface area (TPSA) is 59.8 Å². The van der Waals surface area contributed by atoms with E-state index in [0.29, 0.717) is 17.2 Å². The fraction of sp³-hybridized carbons (Fsp3) is 0. The minimum atomic E-state index is -0.458. The molecule has 0 saturated heterocycles. The largest absolute Gasteiger partial charge is 0.370 e. The van der Waals surface area contributed by atoms with Gasteiger partial charge in [-0.05, 0) is 30.3 Å². The molecule has 0 fully saturated rings. The van der Waals surface area contributed by atoms with Crippen LogP contribution in [0.15, 0.2) is 94.6 Å². The van der Waals surface area contributed by atoms with Gasteiger partial charge in [-0.15, -0.1) is 12.6 Å². The van der Waals surface area contributed by atoms with E-state index < -0.39 is 5.69 Å². The average molecular weight is 372 g/mol. The van der Waals surface area contributed by atoms with E-state index in [1.807, 2.05) is 84.9 Å². The van der Waals surface area contributed by atoms with Crippen LogP contribution in [0, 0.1) is 0 Å². The van der Waals surface area contributed by atoms with Gasteiger partial charge in [-0.3, -0.25) is 0 Å². The predicted molar refractivity (Wildman–Crippen MR) is 110 cm³/mol. The molecule has 0 amide bonds. The summed E-state index contributed by atoms with van der Waals surface area (Å²) in [7, 11) is 0. The van der Waals surface area contributed by atoms with Gasteiger partial charge in [0.1, 0.15) is 5.69 Å². The van der Waals surface area contributed by atoms with Gasteiger partial charge < -0.3 is 5.32 Å². The zero-order chi connectivity index (χ0) is 18.6. The number of thiol groups is 1. The van der Waals surface area contributed by atoms with Crippen molar-refractivity contribution in [1.29, 1.82) is 0 Å². The van der Waals surface area contributed by atoms with Gasteiger partial charge in [0, 0.05) is 16.1 Å². The molecule has 132 valence electrons. The fourth-order valence-electron chi connectivity index (χ4n) is 2.72. The SMILES string of the molecule is O=c1nc(Nc2ccccc2)c(-c2ccccc2S)nn1-c1ccccc1.